The molecule has 2 rings (SSSR count). The highest BCUT2D eigenvalue weighted by Crippen LogP contribution is 2.27. The number of halogens is 3. The molecule has 0 saturated carbocycles. The second-order valence-corrected chi connectivity index (χ2v) is 4.59. The average Bonchev–Trinajstić information content (AvgIpc) is 2.44. The Morgan fingerprint density at radius 3 is 2.29 bits per heavy atom. The van der Waals surface area contributed by atoms with Crippen LogP contribution in [0, 0.1) is 17.5 Å². The first-order chi connectivity index (χ1) is 9.92. The maximum absolute atomic E-state index is 13.2. The van der Waals surface area contributed by atoms with Crippen molar-refractivity contribution in [2.45, 2.75) is 0 Å². The van der Waals surface area contributed by atoms with Crippen LogP contribution in [0.2, 0.25) is 0 Å². The first kappa shape index (κ1) is 15.1. The van der Waals surface area contributed by atoms with Crippen LogP contribution in [0.3, 0.4) is 0 Å². The zero-order valence-electron chi connectivity index (χ0n) is 10.9. The average molecular weight is 312 g/mol. The number of nitrogens with two attached hydrogens (primary N) is 1. The van der Waals surface area contributed by atoms with Gasteiger partial charge >= 0.3 is 0 Å². The zero-order chi connectivity index (χ0) is 15.6. The lowest BCUT2D eigenvalue weighted by Gasteiger charge is -2.13. The number of hydrogen-bond donors (Lipinski definition) is 2. The summed E-state index contributed by atoms with van der Waals surface area (Å²) in [6.45, 7) is 0. The fourth-order valence-electron chi connectivity index (χ4n) is 1.75. The predicted molar refractivity (Wildman–Crippen MR) is 78.5 cm³/mol. The van der Waals surface area contributed by atoms with Gasteiger partial charge in [-0.1, -0.05) is 12.2 Å². The molecule has 0 aliphatic heterocycles. The zero-order valence-corrected chi connectivity index (χ0v) is 11.7. The largest absolute Gasteiger partial charge is 0.497 e. The van der Waals surface area contributed by atoms with E-state index in [9.17, 15) is 13.2 Å². The van der Waals surface area contributed by atoms with E-state index >= 15 is 0 Å². The fourth-order valence-corrected chi connectivity index (χ4v) is 1.93. The van der Waals surface area contributed by atoms with Gasteiger partial charge in [0.15, 0.2) is 17.5 Å². The van der Waals surface area contributed by atoms with Crippen molar-refractivity contribution in [3.05, 3.63) is 53.3 Å². The lowest BCUT2D eigenvalue weighted by molar-refractivity contribution is 0.415. The number of rotatable bonds is 4. The molecule has 0 amide bonds. The summed E-state index contributed by atoms with van der Waals surface area (Å²) < 4.78 is 44.4. The Labute approximate surface area is 124 Å². The third kappa shape index (κ3) is 3.25. The Bertz CT molecular complexity index is 684. The molecule has 0 bridgehead atoms. The molecule has 0 saturated heterocycles. The van der Waals surface area contributed by atoms with Gasteiger partial charge in [0.1, 0.15) is 10.7 Å². The first-order valence-corrected chi connectivity index (χ1v) is 6.22. The lowest BCUT2D eigenvalue weighted by Crippen LogP contribution is -2.12. The van der Waals surface area contributed by atoms with Gasteiger partial charge in [0.25, 0.3) is 0 Å². The number of nitrogens with one attached hydrogen (secondary N) is 1. The molecule has 3 nitrogen and oxygen atoms in total. The van der Waals surface area contributed by atoms with Gasteiger partial charge in [0, 0.05) is 29.4 Å². The maximum atomic E-state index is 13.2. The van der Waals surface area contributed by atoms with E-state index in [2.05, 4.69) is 5.32 Å². The molecular formula is C14H11F3N2OS. The highest BCUT2D eigenvalue weighted by molar-refractivity contribution is 7.80. The molecule has 0 unspecified atom stereocenters. The second-order valence-electron chi connectivity index (χ2n) is 4.15. The topological polar surface area (TPSA) is 47.3 Å². The van der Waals surface area contributed by atoms with Crippen molar-refractivity contribution in [1.82, 2.24) is 0 Å². The van der Waals surface area contributed by atoms with Crippen LogP contribution < -0.4 is 15.8 Å². The van der Waals surface area contributed by atoms with Crippen molar-refractivity contribution in [2.24, 2.45) is 5.73 Å². The minimum atomic E-state index is -1.53. The Balaban J connectivity index is 2.45. The summed E-state index contributed by atoms with van der Waals surface area (Å²) in [7, 11) is 1.47. The van der Waals surface area contributed by atoms with Crippen LogP contribution in [0.5, 0.6) is 5.75 Å². The van der Waals surface area contributed by atoms with E-state index in [1.165, 1.54) is 7.11 Å². The van der Waals surface area contributed by atoms with Crippen LogP contribution in [-0.2, 0) is 0 Å². The standard InChI is InChI=1S/C14H11F3N2OS/c1-20-8-2-3-9(14(18)21)12(6-8)19-7-4-10(15)13(17)11(16)5-7/h2-6,19H,1H3,(H2,18,21). The van der Waals surface area contributed by atoms with Gasteiger partial charge in [-0.25, -0.2) is 13.2 Å². The molecule has 0 heterocycles. The number of hydrogen-bond acceptors (Lipinski definition) is 3. The van der Waals surface area contributed by atoms with Crippen LogP contribution in [0.4, 0.5) is 24.5 Å². The molecule has 3 N–H and O–H groups in total. The third-order valence-electron chi connectivity index (χ3n) is 2.76. The van der Waals surface area contributed by atoms with Gasteiger partial charge < -0.3 is 15.8 Å². The lowest BCUT2D eigenvalue weighted by atomic mass is 10.1. The number of thiocarbonyl (C=S) groups is 1. The minimum Gasteiger partial charge on any atom is -0.497 e. The molecule has 2 aromatic rings. The van der Waals surface area contributed by atoms with Crippen LogP contribution in [-0.4, -0.2) is 12.1 Å². The summed E-state index contributed by atoms with van der Waals surface area (Å²) in [6, 6.07) is 6.49. The van der Waals surface area contributed by atoms with Gasteiger partial charge in [-0.2, -0.15) is 0 Å². The number of ether oxygens (including phenoxy) is 1. The minimum absolute atomic E-state index is 0.0251. The van der Waals surface area contributed by atoms with Crippen LogP contribution in [0.15, 0.2) is 30.3 Å². The van der Waals surface area contributed by atoms with Crippen molar-refractivity contribution < 1.29 is 17.9 Å². The summed E-state index contributed by atoms with van der Waals surface area (Å²) in [5.74, 6) is -3.61. The van der Waals surface area contributed by atoms with Crippen molar-refractivity contribution in [2.75, 3.05) is 12.4 Å². The highest BCUT2D eigenvalue weighted by Gasteiger charge is 2.13. The van der Waals surface area contributed by atoms with Crippen molar-refractivity contribution in [3.8, 4) is 5.75 Å². The molecule has 2 aromatic carbocycles. The van der Waals surface area contributed by atoms with E-state index in [1.54, 1.807) is 18.2 Å². The Kier molecular flexibility index (Phi) is 4.32. The summed E-state index contributed by atoms with van der Waals surface area (Å²) in [5, 5.41) is 2.74. The second kappa shape index (κ2) is 6.01. The summed E-state index contributed by atoms with van der Waals surface area (Å²) in [4.78, 5) is 0.100. The Morgan fingerprint density at radius 2 is 1.76 bits per heavy atom. The van der Waals surface area contributed by atoms with E-state index in [0.717, 1.165) is 12.1 Å². The van der Waals surface area contributed by atoms with E-state index in [0.29, 0.717) is 17.0 Å². The summed E-state index contributed by atoms with van der Waals surface area (Å²) in [6.07, 6.45) is 0. The van der Waals surface area contributed by atoms with Crippen molar-refractivity contribution in [3.63, 3.8) is 0 Å². The van der Waals surface area contributed by atoms with Crippen molar-refractivity contribution >= 4 is 28.6 Å². The number of benzene rings is 2. The van der Waals surface area contributed by atoms with Gasteiger partial charge in [-0.3, -0.25) is 0 Å². The van der Waals surface area contributed by atoms with Gasteiger partial charge in [0.2, 0.25) is 0 Å². The molecule has 21 heavy (non-hydrogen) atoms. The summed E-state index contributed by atoms with van der Waals surface area (Å²) in [5.41, 5.74) is 6.48. The fraction of sp³-hybridized carbons (Fsp3) is 0.0714. The molecule has 0 aromatic heterocycles. The van der Waals surface area contributed by atoms with Gasteiger partial charge in [0.05, 0.1) is 12.8 Å². The smallest absolute Gasteiger partial charge is 0.194 e. The van der Waals surface area contributed by atoms with E-state index in [4.69, 9.17) is 22.7 Å². The van der Waals surface area contributed by atoms with E-state index in [1.807, 2.05) is 0 Å². The molecule has 0 aliphatic rings. The van der Waals surface area contributed by atoms with Crippen LogP contribution >= 0.6 is 12.2 Å². The predicted octanol–water partition coefficient (Wildman–Crippen LogP) is 3.49. The molecule has 0 radical (unpaired) electrons. The molecule has 0 atom stereocenters. The van der Waals surface area contributed by atoms with Crippen LogP contribution in [0.25, 0.3) is 0 Å². The summed E-state index contributed by atoms with van der Waals surface area (Å²) >= 11 is 4.91. The molecular weight excluding hydrogens is 301 g/mol. The molecule has 0 fully saturated rings. The third-order valence-corrected chi connectivity index (χ3v) is 2.97. The van der Waals surface area contributed by atoms with E-state index < -0.39 is 17.5 Å². The van der Waals surface area contributed by atoms with Crippen molar-refractivity contribution in [1.29, 1.82) is 0 Å². The quantitative estimate of drug-likeness (QED) is 0.670. The molecule has 110 valence electrons. The molecule has 7 heteroatoms. The first-order valence-electron chi connectivity index (χ1n) is 5.81. The van der Waals surface area contributed by atoms with Crippen LogP contribution in [0.1, 0.15) is 5.56 Å². The van der Waals surface area contributed by atoms with Gasteiger partial charge in [-0.15, -0.1) is 0 Å². The SMILES string of the molecule is COc1ccc(C(N)=S)c(Nc2cc(F)c(F)c(F)c2)c1. The normalized spacial score (nSPS) is 10.3. The Morgan fingerprint density at radius 1 is 1.14 bits per heavy atom. The maximum Gasteiger partial charge on any atom is 0.194 e. The Hall–Kier alpha value is -2.28. The molecule has 0 spiro atoms. The highest BCUT2D eigenvalue weighted by atomic mass is 32.1. The number of anilines is 2. The number of methoxy groups -OCH3 is 1. The molecule has 0 aliphatic carbocycles. The van der Waals surface area contributed by atoms with Gasteiger partial charge in [-0.05, 0) is 12.1 Å². The van der Waals surface area contributed by atoms with E-state index in [-0.39, 0.29) is 10.7 Å². The monoisotopic (exact) mass is 312 g/mol.